The monoisotopic (exact) mass is 285 g/mol. The fourth-order valence-electron chi connectivity index (χ4n) is 1.98. The van der Waals surface area contributed by atoms with E-state index in [1.807, 2.05) is 30.3 Å². The zero-order valence-corrected chi connectivity index (χ0v) is 11.4. The van der Waals surface area contributed by atoms with Crippen molar-refractivity contribution in [1.29, 1.82) is 0 Å². The van der Waals surface area contributed by atoms with Crippen molar-refractivity contribution < 1.29 is 8.60 Å². The number of hydrogen-bond acceptors (Lipinski definition) is 2. The third-order valence-electron chi connectivity index (χ3n) is 3.02. The summed E-state index contributed by atoms with van der Waals surface area (Å²) >= 11 is 0. The van der Waals surface area contributed by atoms with Crippen LogP contribution in [0.15, 0.2) is 65.7 Å². The smallest absolute Gasteiger partial charge is 0.128 e. The average molecular weight is 285 g/mol. The van der Waals surface area contributed by atoms with Gasteiger partial charge in [0.15, 0.2) is 0 Å². The Morgan fingerprint density at radius 2 is 1.70 bits per heavy atom. The minimum absolute atomic E-state index is 0.289. The normalized spacial score (nSPS) is 12.4. The molecule has 0 aliphatic rings. The van der Waals surface area contributed by atoms with Crippen LogP contribution in [0.4, 0.5) is 4.39 Å². The standard InChI is InChI=1S/C16H12FNOS/c17-14-8-5-12(6-9-14)11-20(19)16-10-7-13-3-1-2-4-15(13)18-16/h1-10H,11H2. The van der Waals surface area contributed by atoms with Crippen LogP contribution in [0.3, 0.4) is 0 Å². The summed E-state index contributed by atoms with van der Waals surface area (Å²) in [5.74, 6) is 0.0504. The maximum absolute atomic E-state index is 12.8. The van der Waals surface area contributed by atoms with Crippen molar-refractivity contribution in [2.75, 3.05) is 0 Å². The van der Waals surface area contributed by atoms with Gasteiger partial charge in [0, 0.05) is 5.39 Å². The Balaban J connectivity index is 1.86. The van der Waals surface area contributed by atoms with Gasteiger partial charge in [-0.3, -0.25) is 4.21 Å². The molecule has 0 aliphatic carbocycles. The van der Waals surface area contributed by atoms with Gasteiger partial charge >= 0.3 is 0 Å². The summed E-state index contributed by atoms with van der Waals surface area (Å²) in [6.45, 7) is 0. The van der Waals surface area contributed by atoms with Gasteiger partial charge in [-0.15, -0.1) is 0 Å². The number of hydrogen-bond donors (Lipinski definition) is 0. The van der Waals surface area contributed by atoms with E-state index in [0.29, 0.717) is 10.8 Å². The number of rotatable bonds is 3. The second kappa shape index (κ2) is 5.51. The van der Waals surface area contributed by atoms with Gasteiger partial charge in [0.1, 0.15) is 10.8 Å². The van der Waals surface area contributed by atoms with Crippen LogP contribution in [0.1, 0.15) is 5.56 Å². The lowest BCUT2D eigenvalue weighted by atomic mass is 10.2. The van der Waals surface area contributed by atoms with Crippen LogP contribution in [0.2, 0.25) is 0 Å². The molecule has 0 radical (unpaired) electrons. The van der Waals surface area contributed by atoms with E-state index < -0.39 is 10.8 Å². The number of nitrogens with zero attached hydrogens (tertiary/aromatic N) is 1. The molecule has 0 fully saturated rings. The highest BCUT2D eigenvalue weighted by molar-refractivity contribution is 7.84. The maximum Gasteiger partial charge on any atom is 0.128 e. The lowest BCUT2D eigenvalue weighted by molar-refractivity contribution is 0.627. The van der Waals surface area contributed by atoms with Gasteiger partial charge in [-0.05, 0) is 29.8 Å². The third-order valence-corrected chi connectivity index (χ3v) is 4.31. The van der Waals surface area contributed by atoms with Crippen molar-refractivity contribution in [3.8, 4) is 0 Å². The molecule has 1 heterocycles. The fourth-order valence-corrected chi connectivity index (χ4v) is 3.04. The molecule has 1 atom stereocenters. The molecular formula is C16H12FNOS. The molecule has 0 amide bonds. The van der Waals surface area contributed by atoms with Crippen molar-refractivity contribution in [3.05, 3.63) is 72.0 Å². The molecular weight excluding hydrogens is 273 g/mol. The van der Waals surface area contributed by atoms with Crippen LogP contribution < -0.4 is 0 Å². The van der Waals surface area contributed by atoms with E-state index in [1.165, 1.54) is 12.1 Å². The Hall–Kier alpha value is -2.07. The molecule has 0 aliphatic heterocycles. The zero-order chi connectivity index (χ0) is 13.9. The van der Waals surface area contributed by atoms with Gasteiger partial charge in [0.05, 0.1) is 22.1 Å². The van der Waals surface area contributed by atoms with Crippen molar-refractivity contribution in [1.82, 2.24) is 4.98 Å². The van der Waals surface area contributed by atoms with Gasteiger partial charge in [0.25, 0.3) is 0 Å². The van der Waals surface area contributed by atoms with E-state index in [-0.39, 0.29) is 5.82 Å². The molecule has 2 aromatic carbocycles. The number of para-hydroxylation sites is 1. The second-order valence-electron chi connectivity index (χ2n) is 4.46. The van der Waals surface area contributed by atoms with E-state index in [0.717, 1.165) is 16.5 Å². The van der Waals surface area contributed by atoms with Crippen molar-refractivity contribution in [3.63, 3.8) is 0 Å². The first kappa shape index (κ1) is 12.9. The minimum atomic E-state index is -1.23. The number of pyridine rings is 1. The predicted molar refractivity (Wildman–Crippen MR) is 78.3 cm³/mol. The topological polar surface area (TPSA) is 30.0 Å². The second-order valence-corrected chi connectivity index (χ2v) is 5.86. The highest BCUT2D eigenvalue weighted by Gasteiger charge is 2.07. The largest absolute Gasteiger partial charge is 0.252 e. The Morgan fingerprint density at radius 1 is 0.950 bits per heavy atom. The van der Waals surface area contributed by atoms with Crippen molar-refractivity contribution in [2.45, 2.75) is 10.8 Å². The lowest BCUT2D eigenvalue weighted by Crippen LogP contribution is -1.99. The quantitative estimate of drug-likeness (QED) is 0.734. The molecule has 3 aromatic rings. The van der Waals surface area contributed by atoms with Crippen LogP contribution in [0, 0.1) is 5.82 Å². The molecule has 100 valence electrons. The Kier molecular flexibility index (Phi) is 3.56. The molecule has 0 spiro atoms. The molecule has 1 unspecified atom stereocenters. The first-order chi connectivity index (χ1) is 9.72. The predicted octanol–water partition coefficient (Wildman–Crippen LogP) is 3.68. The van der Waals surface area contributed by atoms with E-state index in [2.05, 4.69) is 4.98 Å². The molecule has 2 nitrogen and oxygen atoms in total. The molecule has 0 saturated carbocycles. The van der Waals surface area contributed by atoms with Crippen molar-refractivity contribution >= 4 is 21.7 Å². The van der Waals surface area contributed by atoms with Gasteiger partial charge < -0.3 is 0 Å². The summed E-state index contributed by atoms with van der Waals surface area (Å²) in [6.07, 6.45) is 0. The highest BCUT2D eigenvalue weighted by atomic mass is 32.2. The fraction of sp³-hybridized carbons (Fsp3) is 0.0625. The lowest BCUT2D eigenvalue weighted by Gasteiger charge is -2.04. The summed E-state index contributed by atoms with van der Waals surface area (Å²) in [4.78, 5) is 4.41. The molecule has 1 aromatic heterocycles. The summed E-state index contributed by atoms with van der Waals surface area (Å²) < 4.78 is 25.1. The van der Waals surface area contributed by atoms with E-state index >= 15 is 0 Å². The highest BCUT2D eigenvalue weighted by Crippen LogP contribution is 2.16. The SMILES string of the molecule is O=S(Cc1ccc(F)cc1)c1ccc2ccccc2n1. The van der Waals surface area contributed by atoms with Crippen molar-refractivity contribution in [2.24, 2.45) is 0 Å². The first-order valence-electron chi connectivity index (χ1n) is 6.21. The summed E-state index contributed by atoms with van der Waals surface area (Å²) in [5.41, 5.74) is 1.66. The van der Waals surface area contributed by atoms with Gasteiger partial charge in [-0.25, -0.2) is 9.37 Å². The summed E-state index contributed by atoms with van der Waals surface area (Å²) in [5, 5.41) is 1.57. The van der Waals surface area contributed by atoms with Gasteiger partial charge in [-0.2, -0.15) is 0 Å². The van der Waals surface area contributed by atoms with Crippen LogP contribution >= 0.6 is 0 Å². The van der Waals surface area contributed by atoms with E-state index in [1.54, 1.807) is 18.2 Å². The van der Waals surface area contributed by atoms with Gasteiger partial charge in [0.2, 0.25) is 0 Å². The molecule has 3 rings (SSSR count). The maximum atomic E-state index is 12.8. The Labute approximate surface area is 118 Å². The molecule has 0 saturated heterocycles. The number of benzene rings is 2. The summed E-state index contributed by atoms with van der Waals surface area (Å²) in [6, 6.07) is 17.5. The van der Waals surface area contributed by atoms with Crippen LogP contribution in [0.25, 0.3) is 10.9 Å². The number of fused-ring (bicyclic) bond motifs is 1. The number of halogens is 1. The van der Waals surface area contributed by atoms with Crippen LogP contribution in [-0.4, -0.2) is 9.19 Å². The number of aromatic nitrogens is 1. The van der Waals surface area contributed by atoms with Crippen LogP contribution in [-0.2, 0) is 16.6 Å². The average Bonchev–Trinajstić information content (AvgIpc) is 2.49. The third kappa shape index (κ3) is 2.75. The molecule has 0 N–H and O–H groups in total. The van der Waals surface area contributed by atoms with E-state index in [9.17, 15) is 8.60 Å². The molecule has 0 bridgehead atoms. The Bertz CT molecular complexity index is 771. The molecule has 20 heavy (non-hydrogen) atoms. The minimum Gasteiger partial charge on any atom is -0.252 e. The summed E-state index contributed by atoms with van der Waals surface area (Å²) in [7, 11) is -1.23. The Morgan fingerprint density at radius 3 is 2.50 bits per heavy atom. The van der Waals surface area contributed by atoms with Gasteiger partial charge in [-0.1, -0.05) is 36.4 Å². The molecule has 4 heteroatoms. The van der Waals surface area contributed by atoms with E-state index in [4.69, 9.17) is 0 Å². The zero-order valence-electron chi connectivity index (χ0n) is 10.6. The first-order valence-corrected chi connectivity index (χ1v) is 7.53. The van der Waals surface area contributed by atoms with Crippen LogP contribution in [0.5, 0.6) is 0 Å².